The van der Waals surface area contributed by atoms with Gasteiger partial charge in [-0.3, -0.25) is 9.59 Å². The van der Waals surface area contributed by atoms with Gasteiger partial charge in [0, 0.05) is 13.7 Å². The fraction of sp³-hybridized carbons (Fsp3) is 0.429. The van der Waals surface area contributed by atoms with E-state index in [9.17, 15) is 22.4 Å². The molecule has 1 amide bonds. The summed E-state index contributed by atoms with van der Waals surface area (Å²) in [5.74, 6) is -2.19. The van der Waals surface area contributed by atoms with Gasteiger partial charge in [0.25, 0.3) is 5.91 Å². The van der Waals surface area contributed by atoms with Gasteiger partial charge in [-0.05, 0) is 25.1 Å². The third-order valence-corrected chi connectivity index (χ3v) is 4.19. The van der Waals surface area contributed by atoms with Crippen molar-refractivity contribution in [3.05, 3.63) is 30.1 Å². The van der Waals surface area contributed by atoms with E-state index in [1.807, 2.05) is 4.72 Å². The summed E-state index contributed by atoms with van der Waals surface area (Å²) < 4.78 is 48.4. The van der Waals surface area contributed by atoms with Crippen molar-refractivity contribution in [2.24, 2.45) is 0 Å². The molecular weight excluding hydrogens is 343 g/mol. The van der Waals surface area contributed by atoms with Gasteiger partial charge in [-0.15, -0.1) is 0 Å². The minimum Gasteiger partial charge on any atom is -0.452 e. The Morgan fingerprint density at radius 2 is 2.04 bits per heavy atom. The Labute approximate surface area is 139 Å². The van der Waals surface area contributed by atoms with E-state index >= 15 is 0 Å². The highest BCUT2D eigenvalue weighted by molar-refractivity contribution is 7.89. The first-order valence-electron chi connectivity index (χ1n) is 6.97. The normalized spacial score (nSPS) is 12.5. The van der Waals surface area contributed by atoms with Gasteiger partial charge in [0.15, 0.2) is 6.10 Å². The summed E-state index contributed by atoms with van der Waals surface area (Å²) in [6.07, 6.45) is -1.09. The molecule has 0 saturated heterocycles. The van der Waals surface area contributed by atoms with Crippen LogP contribution in [0, 0.1) is 5.82 Å². The number of sulfonamides is 1. The molecule has 0 spiro atoms. The molecule has 0 saturated carbocycles. The number of methoxy groups -OCH3 is 1. The molecule has 0 heterocycles. The number of carbonyl (C=O) groups excluding carboxylic acids is 2. The Morgan fingerprint density at radius 3 is 2.67 bits per heavy atom. The lowest BCUT2D eigenvalue weighted by atomic mass is 10.3. The van der Waals surface area contributed by atoms with Gasteiger partial charge in [0.1, 0.15) is 12.4 Å². The number of halogens is 1. The van der Waals surface area contributed by atoms with Gasteiger partial charge < -0.3 is 14.8 Å². The molecule has 1 aromatic carbocycles. The number of hydrogen-bond acceptors (Lipinski definition) is 6. The van der Waals surface area contributed by atoms with Gasteiger partial charge in [-0.2, -0.15) is 4.72 Å². The molecule has 0 unspecified atom stereocenters. The van der Waals surface area contributed by atoms with E-state index in [0.717, 1.165) is 12.1 Å². The van der Waals surface area contributed by atoms with E-state index in [0.29, 0.717) is 6.61 Å². The van der Waals surface area contributed by atoms with Gasteiger partial charge in [0.2, 0.25) is 10.0 Å². The summed E-state index contributed by atoms with van der Waals surface area (Å²) in [6.45, 7) is 1.22. The van der Waals surface area contributed by atoms with Gasteiger partial charge in [-0.1, -0.05) is 6.07 Å². The van der Waals surface area contributed by atoms with E-state index in [4.69, 9.17) is 9.47 Å². The zero-order valence-corrected chi connectivity index (χ0v) is 14.1. The van der Waals surface area contributed by atoms with E-state index in [1.165, 1.54) is 26.2 Å². The zero-order valence-electron chi connectivity index (χ0n) is 13.2. The number of benzene rings is 1. The van der Waals surface area contributed by atoms with Crippen LogP contribution >= 0.6 is 0 Å². The Morgan fingerprint density at radius 1 is 1.33 bits per heavy atom. The quantitative estimate of drug-likeness (QED) is 0.465. The number of carbonyl (C=O) groups is 2. The molecule has 0 fully saturated rings. The summed E-state index contributed by atoms with van der Waals surface area (Å²) in [7, 11) is -2.59. The SMILES string of the molecule is COCCNC(=O)[C@H](C)OC(=O)CNS(=O)(=O)c1cccc(F)c1. The Kier molecular flexibility index (Phi) is 7.75. The van der Waals surface area contributed by atoms with Crippen LogP contribution in [-0.4, -0.2) is 53.2 Å². The summed E-state index contributed by atoms with van der Waals surface area (Å²) in [5.41, 5.74) is 0. The topological polar surface area (TPSA) is 111 Å². The van der Waals surface area contributed by atoms with E-state index in [-0.39, 0.29) is 11.4 Å². The lowest BCUT2D eigenvalue weighted by molar-refractivity contribution is -0.153. The average Bonchev–Trinajstić information content (AvgIpc) is 2.53. The molecule has 1 atom stereocenters. The number of hydrogen-bond donors (Lipinski definition) is 2. The zero-order chi connectivity index (χ0) is 18.2. The molecule has 0 aromatic heterocycles. The summed E-state index contributed by atoms with van der Waals surface area (Å²) >= 11 is 0. The van der Waals surface area contributed by atoms with Crippen molar-refractivity contribution >= 4 is 21.9 Å². The third kappa shape index (κ3) is 6.60. The molecule has 1 aromatic rings. The first-order chi connectivity index (χ1) is 11.3. The molecule has 24 heavy (non-hydrogen) atoms. The van der Waals surface area contributed by atoms with E-state index < -0.39 is 40.4 Å². The van der Waals surface area contributed by atoms with Crippen molar-refractivity contribution < 1.29 is 31.9 Å². The Balaban J connectivity index is 2.49. The highest BCUT2D eigenvalue weighted by Gasteiger charge is 2.20. The largest absolute Gasteiger partial charge is 0.452 e. The maximum atomic E-state index is 13.0. The molecule has 10 heteroatoms. The van der Waals surface area contributed by atoms with Crippen LogP contribution in [0.1, 0.15) is 6.92 Å². The fourth-order valence-corrected chi connectivity index (χ4v) is 2.58. The van der Waals surface area contributed by atoms with Gasteiger partial charge >= 0.3 is 5.97 Å². The second kappa shape index (κ2) is 9.30. The molecule has 0 aliphatic carbocycles. The van der Waals surface area contributed by atoms with Gasteiger partial charge in [0.05, 0.1) is 11.5 Å². The molecule has 134 valence electrons. The molecule has 2 N–H and O–H groups in total. The first kappa shape index (κ1) is 20.0. The standard InChI is InChI=1S/C14H19FN2O6S/c1-10(14(19)16-6-7-22-2)23-13(18)9-17-24(20,21)12-5-3-4-11(15)8-12/h3-5,8,10,17H,6-7,9H2,1-2H3,(H,16,19)/t10-/m0/s1. The van der Waals surface area contributed by atoms with Crippen molar-refractivity contribution in [2.75, 3.05) is 26.8 Å². The smallest absolute Gasteiger partial charge is 0.321 e. The fourth-order valence-electron chi connectivity index (χ4n) is 1.58. The van der Waals surface area contributed by atoms with Crippen molar-refractivity contribution in [3.8, 4) is 0 Å². The lowest BCUT2D eigenvalue weighted by Gasteiger charge is -2.13. The van der Waals surface area contributed by atoms with Crippen LogP contribution in [0.4, 0.5) is 4.39 Å². The summed E-state index contributed by atoms with van der Waals surface area (Å²) in [5, 5.41) is 2.47. The second-order valence-electron chi connectivity index (χ2n) is 4.70. The predicted molar refractivity (Wildman–Crippen MR) is 82.0 cm³/mol. The predicted octanol–water partition coefficient (Wildman–Crippen LogP) is -0.202. The maximum Gasteiger partial charge on any atom is 0.321 e. The van der Waals surface area contributed by atoms with Crippen molar-refractivity contribution in [3.63, 3.8) is 0 Å². The van der Waals surface area contributed by atoms with Crippen LogP contribution in [0.5, 0.6) is 0 Å². The summed E-state index contributed by atoms with van der Waals surface area (Å²) in [6, 6.07) is 4.33. The maximum absolute atomic E-state index is 13.0. The van der Waals surface area contributed by atoms with E-state index in [2.05, 4.69) is 5.32 Å². The van der Waals surface area contributed by atoms with Crippen LogP contribution in [0.15, 0.2) is 29.2 Å². The van der Waals surface area contributed by atoms with Crippen LogP contribution in [-0.2, 0) is 29.1 Å². The molecule has 0 aliphatic heterocycles. The molecule has 0 aliphatic rings. The number of amides is 1. The molecule has 0 bridgehead atoms. The number of rotatable bonds is 9. The Bertz CT molecular complexity index is 680. The van der Waals surface area contributed by atoms with Crippen molar-refractivity contribution in [1.29, 1.82) is 0 Å². The lowest BCUT2D eigenvalue weighted by Crippen LogP contribution is -2.39. The van der Waals surface area contributed by atoms with E-state index in [1.54, 1.807) is 0 Å². The molecule has 0 radical (unpaired) electrons. The molecule has 1 rings (SSSR count). The second-order valence-corrected chi connectivity index (χ2v) is 6.46. The van der Waals surface area contributed by atoms with Crippen molar-refractivity contribution in [1.82, 2.24) is 10.0 Å². The summed E-state index contributed by atoms with van der Waals surface area (Å²) in [4.78, 5) is 22.9. The minimum atomic E-state index is -4.06. The highest BCUT2D eigenvalue weighted by Crippen LogP contribution is 2.09. The monoisotopic (exact) mass is 362 g/mol. The molecular formula is C14H19FN2O6S. The number of esters is 1. The number of ether oxygens (including phenoxy) is 2. The van der Waals surface area contributed by atoms with Crippen LogP contribution in [0.25, 0.3) is 0 Å². The third-order valence-electron chi connectivity index (χ3n) is 2.80. The number of nitrogens with one attached hydrogen (secondary N) is 2. The highest BCUT2D eigenvalue weighted by atomic mass is 32.2. The first-order valence-corrected chi connectivity index (χ1v) is 8.46. The molecule has 8 nitrogen and oxygen atoms in total. The van der Waals surface area contributed by atoms with Crippen LogP contribution in [0.3, 0.4) is 0 Å². The average molecular weight is 362 g/mol. The minimum absolute atomic E-state index is 0.253. The Hall–Kier alpha value is -2.04. The van der Waals surface area contributed by atoms with Crippen LogP contribution in [0.2, 0.25) is 0 Å². The van der Waals surface area contributed by atoms with Crippen LogP contribution < -0.4 is 10.0 Å². The van der Waals surface area contributed by atoms with Gasteiger partial charge in [-0.25, -0.2) is 12.8 Å². The van der Waals surface area contributed by atoms with Crippen molar-refractivity contribution in [2.45, 2.75) is 17.9 Å².